The Balaban J connectivity index is 3.46. The van der Waals surface area contributed by atoms with Gasteiger partial charge in [-0.2, -0.15) is 5.26 Å². The molecule has 0 unspecified atom stereocenters. The van der Waals surface area contributed by atoms with Gasteiger partial charge in [0, 0.05) is 5.57 Å². The number of hydrogen-bond donors (Lipinski definition) is 0. The molecule has 0 aliphatic heterocycles. The molecule has 0 saturated heterocycles. The summed E-state index contributed by atoms with van der Waals surface area (Å²) in [5.74, 6) is 0. The lowest BCUT2D eigenvalue weighted by Gasteiger charge is -1.82. The average molecular weight is 109 g/mol. The van der Waals surface area contributed by atoms with Crippen LogP contribution in [0.1, 0.15) is 26.7 Å². The van der Waals surface area contributed by atoms with E-state index in [1.807, 2.05) is 13.0 Å². The maximum atomic E-state index is 8.24. The SMILES string of the molecule is CCC/C=C(/C)C#N. The number of rotatable bonds is 2. The number of unbranched alkanes of at least 4 members (excludes halogenated alkanes) is 1. The minimum Gasteiger partial charge on any atom is -0.193 e. The van der Waals surface area contributed by atoms with E-state index < -0.39 is 0 Å². The molecule has 0 aromatic heterocycles. The molecule has 0 aromatic rings. The van der Waals surface area contributed by atoms with E-state index in [0.29, 0.717) is 0 Å². The van der Waals surface area contributed by atoms with E-state index in [2.05, 4.69) is 13.0 Å². The van der Waals surface area contributed by atoms with Gasteiger partial charge in [-0.1, -0.05) is 19.4 Å². The fraction of sp³-hybridized carbons (Fsp3) is 0.571. The summed E-state index contributed by atoms with van der Waals surface area (Å²) in [4.78, 5) is 0. The van der Waals surface area contributed by atoms with E-state index in [0.717, 1.165) is 18.4 Å². The highest BCUT2D eigenvalue weighted by atomic mass is 14.2. The minimum absolute atomic E-state index is 0.826. The van der Waals surface area contributed by atoms with Crippen molar-refractivity contribution < 1.29 is 0 Å². The highest BCUT2D eigenvalue weighted by Gasteiger charge is 1.79. The van der Waals surface area contributed by atoms with Gasteiger partial charge in [-0.15, -0.1) is 0 Å². The molecule has 0 N–H and O–H groups in total. The first-order chi connectivity index (χ1) is 3.81. The molecule has 0 heterocycles. The standard InChI is InChI=1S/C7H11N/c1-3-4-5-7(2)6-8/h5H,3-4H2,1-2H3/b7-5-. The van der Waals surface area contributed by atoms with Crippen LogP contribution >= 0.6 is 0 Å². The van der Waals surface area contributed by atoms with Crippen LogP contribution in [0.4, 0.5) is 0 Å². The van der Waals surface area contributed by atoms with Crippen molar-refractivity contribution in [2.75, 3.05) is 0 Å². The van der Waals surface area contributed by atoms with E-state index in [4.69, 9.17) is 5.26 Å². The lowest BCUT2D eigenvalue weighted by molar-refractivity contribution is 0.952. The lowest BCUT2D eigenvalue weighted by Crippen LogP contribution is -1.67. The smallest absolute Gasteiger partial charge is 0.0940 e. The largest absolute Gasteiger partial charge is 0.193 e. The van der Waals surface area contributed by atoms with Gasteiger partial charge in [0.15, 0.2) is 0 Å². The van der Waals surface area contributed by atoms with Crippen molar-refractivity contribution >= 4 is 0 Å². The van der Waals surface area contributed by atoms with E-state index in [1.165, 1.54) is 0 Å². The molecule has 8 heavy (non-hydrogen) atoms. The predicted molar refractivity (Wildman–Crippen MR) is 34.3 cm³/mol. The zero-order valence-electron chi connectivity index (χ0n) is 5.44. The Morgan fingerprint density at radius 1 is 1.75 bits per heavy atom. The molecular formula is C7H11N. The molecule has 0 spiro atoms. The highest BCUT2D eigenvalue weighted by molar-refractivity contribution is 5.16. The molecule has 0 aliphatic carbocycles. The van der Waals surface area contributed by atoms with Crippen LogP contribution in [0, 0.1) is 11.3 Å². The second-order valence-corrected chi connectivity index (χ2v) is 1.79. The summed E-state index contributed by atoms with van der Waals surface area (Å²) in [7, 11) is 0. The molecule has 0 amide bonds. The summed E-state index contributed by atoms with van der Waals surface area (Å²) in [6, 6.07) is 2.06. The topological polar surface area (TPSA) is 23.8 Å². The second-order valence-electron chi connectivity index (χ2n) is 1.79. The zero-order chi connectivity index (χ0) is 6.41. The first kappa shape index (κ1) is 7.23. The average Bonchev–Trinajstić information content (AvgIpc) is 1.83. The van der Waals surface area contributed by atoms with Gasteiger partial charge in [0.1, 0.15) is 0 Å². The van der Waals surface area contributed by atoms with Crippen molar-refractivity contribution in [1.29, 1.82) is 5.26 Å². The van der Waals surface area contributed by atoms with Gasteiger partial charge in [0.05, 0.1) is 6.07 Å². The van der Waals surface area contributed by atoms with Crippen LogP contribution in [0.15, 0.2) is 11.6 Å². The van der Waals surface area contributed by atoms with Crippen molar-refractivity contribution in [2.24, 2.45) is 0 Å². The first-order valence-electron chi connectivity index (χ1n) is 2.88. The van der Waals surface area contributed by atoms with Gasteiger partial charge in [0.25, 0.3) is 0 Å². The molecule has 0 bridgehead atoms. The summed E-state index contributed by atoms with van der Waals surface area (Å²) in [6.45, 7) is 3.93. The van der Waals surface area contributed by atoms with Crippen molar-refractivity contribution in [2.45, 2.75) is 26.7 Å². The molecule has 1 heteroatoms. The van der Waals surface area contributed by atoms with E-state index in [9.17, 15) is 0 Å². The maximum Gasteiger partial charge on any atom is 0.0940 e. The molecule has 0 atom stereocenters. The highest BCUT2D eigenvalue weighted by Crippen LogP contribution is 1.94. The monoisotopic (exact) mass is 109 g/mol. The van der Waals surface area contributed by atoms with Gasteiger partial charge < -0.3 is 0 Å². The van der Waals surface area contributed by atoms with Crippen molar-refractivity contribution in [1.82, 2.24) is 0 Å². The number of allylic oxidation sites excluding steroid dienone is 2. The molecule has 0 radical (unpaired) electrons. The summed E-state index contributed by atoms with van der Waals surface area (Å²) in [5.41, 5.74) is 0.826. The second kappa shape index (κ2) is 4.39. The van der Waals surface area contributed by atoms with Gasteiger partial charge in [-0.25, -0.2) is 0 Å². The van der Waals surface area contributed by atoms with Crippen LogP contribution in [0.2, 0.25) is 0 Å². The molecule has 0 aromatic carbocycles. The normalized spacial score (nSPS) is 10.9. The van der Waals surface area contributed by atoms with E-state index in [1.54, 1.807) is 0 Å². The summed E-state index contributed by atoms with van der Waals surface area (Å²) in [6.07, 6.45) is 4.11. The van der Waals surface area contributed by atoms with Crippen LogP contribution in [0.3, 0.4) is 0 Å². The Bertz CT molecular complexity index is 117. The molecule has 1 nitrogen and oxygen atoms in total. The Hall–Kier alpha value is -0.770. The van der Waals surface area contributed by atoms with Crippen LogP contribution in [-0.4, -0.2) is 0 Å². The Morgan fingerprint density at radius 3 is 2.75 bits per heavy atom. The van der Waals surface area contributed by atoms with E-state index in [-0.39, 0.29) is 0 Å². The van der Waals surface area contributed by atoms with Crippen LogP contribution in [0.25, 0.3) is 0 Å². The molecule has 0 fully saturated rings. The third-order valence-electron chi connectivity index (χ3n) is 0.916. The fourth-order valence-electron chi connectivity index (χ4n) is 0.406. The summed E-state index contributed by atoms with van der Waals surface area (Å²) in [5, 5.41) is 8.24. The molecule has 0 rings (SSSR count). The molecular weight excluding hydrogens is 98.1 g/mol. The summed E-state index contributed by atoms with van der Waals surface area (Å²) >= 11 is 0. The van der Waals surface area contributed by atoms with Crippen molar-refractivity contribution in [3.63, 3.8) is 0 Å². The molecule has 44 valence electrons. The van der Waals surface area contributed by atoms with Gasteiger partial charge in [-0.05, 0) is 13.3 Å². The lowest BCUT2D eigenvalue weighted by atomic mass is 10.2. The Labute approximate surface area is 50.6 Å². The minimum atomic E-state index is 0.826. The van der Waals surface area contributed by atoms with Crippen LogP contribution in [-0.2, 0) is 0 Å². The third kappa shape index (κ3) is 3.42. The molecule has 0 aliphatic rings. The Morgan fingerprint density at radius 2 is 2.38 bits per heavy atom. The molecule has 0 saturated carbocycles. The summed E-state index contributed by atoms with van der Waals surface area (Å²) < 4.78 is 0. The van der Waals surface area contributed by atoms with Gasteiger partial charge in [0.2, 0.25) is 0 Å². The number of nitriles is 1. The fourth-order valence-corrected chi connectivity index (χ4v) is 0.406. The maximum absolute atomic E-state index is 8.24. The third-order valence-corrected chi connectivity index (χ3v) is 0.916. The van der Waals surface area contributed by atoms with Crippen LogP contribution in [0.5, 0.6) is 0 Å². The first-order valence-corrected chi connectivity index (χ1v) is 2.88. The number of hydrogen-bond acceptors (Lipinski definition) is 1. The van der Waals surface area contributed by atoms with Crippen molar-refractivity contribution in [3.05, 3.63) is 11.6 Å². The van der Waals surface area contributed by atoms with E-state index >= 15 is 0 Å². The quantitative estimate of drug-likeness (QED) is 0.499. The van der Waals surface area contributed by atoms with Crippen molar-refractivity contribution in [3.8, 4) is 6.07 Å². The van der Waals surface area contributed by atoms with Gasteiger partial charge in [-0.3, -0.25) is 0 Å². The number of nitrogens with zero attached hydrogens (tertiary/aromatic N) is 1. The predicted octanol–water partition coefficient (Wildman–Crippen LogP) is 2.26. The van der Waals surface area contributed by atoms with Gasteiger partial charge >= 0.3 is 0 Å². The zero-order valence-corrected chi connectivity index (χ0v) is 5.44. The van der Waals surface area contributed by atoms with Crippen LogP contribution < -0.4 is 0 Å². The Kier molecular flexibility index (Phi) is 3.97.